The smallest absolute Gasteiger partial charge is 0.338 e. The van der Waals surface area contributed by atoms with Crippen molar-refractivity contribution in [3.8, 4) is 11.5 Å². The number of nitrogens with two attached hydrogens (primary N) is 1. The van der Waals surface area contributed by atoms with Crippen LogP contribution in [0.4, 0.5) is 11.4 Å². The number of allylic oxidation sites excluding steroid dienone is 2. The number of ether oxygens (including phenoxy) is 2. The van der Waals surface area contributed by atoms with Gasteiger partial charge in [-0.1, -0.05) is 12.1 Å². The molecule has 1 aliphatic heterocycles. The molecular formula is C25H25N3O7. The van der Waals surface area contributed by atoms with Crippen molar-refractivity contribution in [3.63, 3.8) is 0 Å². The topological polar surface area (TPSA) is 145 Å². The molecule has 0 saturated carbocycles. The Morgan fingerprint density at radius 1 is 1.26 bits per heavy atom. The zero-order valence-corrected chi connectivity index (χ0v) is 19.3. The lowest BCUT2D eigenvalue weighted by molar-refractivity contribution is -0.384. The standard InChI is InChI=1S/C25H25N3O7/c1-3-35-25(31)23-21(14-10-11-20(34-2)19(30)12-14)22-17(8-5-9-18(22)29)27(24(23)26)15-6-4-7-16(13-15)28(32)33/h4,6-7,10-13,21,30H,3,5,8-9,26H2,1-2H3/t21-/m0/s1. The van der Waals surface area contributed by atoms with Gasteiger partial charge in [0.15, 0.2) is 17.3 Å². The van der Waals surface area contributed by atoms with Crippen LogP contribution in [0, 0.1) is 10.1 Å². The molecule has 0 saturated heterocycles. The van der Waals surface area contributed by atoms with E-state index in [0.717, 1.165) is 0 Å². The van der Waals surface area contributed by atoms with Gasteiger partial charge >= 0.3 is 5.97 Å². The maximum absolute atomic E-state index is 13.3. The number of carbonyl (C=O) groups excluding carboxylic acids is 2. The van der Waals surface area contributed by atoms with E-state index >= 15 is 0 Å². The second kappa shape index (κ2) is 9.49. The Kier molecular flexibility index (Phi) is 6.46. The number of non-ortho nitro benzene ring substituents is 1. The fourth-order valence-electron chi connectivity index (χ4n) is 4.66. The van der Waals surface area contributed by atoms with Gasteiger partial charge < -0.3 is 20.3 Å². The largest absolute Gasteiger partial charge is 0.504 e. The molecule has 10 heteroatoms. The highest BCUT2D eigenvalue weighted by Gasteiger charge is 2.43. The van der Waals surface area contributed by atoms with E-state index in [1.807, 2.05) is 0 Å². The second-order valence-electron chi connectivity index (χ2n) is 8.13. The number of nitro benzene ring substituents is 1. The van der Waals surface area contributed by atoms with Gasteiger partial charge in [-0.2, -0.15) is 0 Å². The number of hydrogen-bond donors (Lipinski definition) is 2. The van der Waals surface area contributed by atoms with Crippen LogP contribution >= 0.6 is 0 Å². The molecule has 0 spiro atoms. The van der Waals surface area contributed by atoms with E-state index in [9.17, 15) is 24.8 Å². The van der Waals surface area contributed by atoms with Crippen LogP contribution in [0.5, 0.6) is 11.5 Å². The Morgan fingerprint density at radius 2 is 2.03 bits per heavy atom. The summed E-state index contributed by atoms with van der Waals surface area (Å²) in [7, 11) is 1.42. The molecular weight excluding hydrogens is 454 g/mol. The highest BCUT2D eigenvalue weighted by Crippen LogP contribution is 2.48. The zero-order chi connectivity index (χ0) is 25.3. The Bertz CT molecular complexity index is 1280. The molecule has 182 valence electrons. The van der Waals surface area contributed by atoms with Gasteiger partial charge in [-0.15, -0.1) is 0 Å². The second-order valence-corrected chi connectivity index (χ2v) is 8.13. The molecule has 0 amide bonds. The van der Waals surface area contributed by atoms with E-state index < -0.39 is 16.8 Å². The van der Waals surface area contributed by atoms with Gasteiger partial charge in [0.2, 0.25) is 0 Å². The van der Waals surface area contributed by atoms with E-state index in [2.05, 4.69) is 0 Å². The number of nitro groups is 1. The number of aromatic hydroxyl groups is 1. The summed E-state index contributed by atoms with van der Waals surface area (Å²) in [5.74, 6) is -1.68. The lowest BCUT2D eigenvalue weighted by Gasteiger charge is -2.40. The molecule has 1 atom stereocenters. The molecule has 4 rings (SSSR count). The van der Waals surface area contributed by atoms with Gasteiger partial charge in [0.1, 0.15) is 5.82 Å². The van der Waals surface area contributed by atoms with Crippen molar-refractivity contribution >= 4 is 23.1 Å². The number of Topliss-reactive ketones (excluding diaryl/α,β-unsaturated/α-hetero) is 1. The average molecular weight is 479 g/mol. The number of nitrogens with zero attached hydrogens (tertiary/aromatic N) is 2. The van der Waals surface area contributed by atoms with Crippen molar-refractivity contribution in [2.75, 3.05) is 18.6 Å². The van der Waals surface area contributed by atoms with Crippen molar-refractivity contribution in [1.82, 2.24) is 0 Å². The first-order chi connectivity index (χ1) is 16.8. The van der Waals surface area contributed by atoms with Crippen molar-refractivity contribution in [2.45, 2.75) is 32.1 Å². The molecule has 2 aromatic rings. The Labute approximate surface area is 201 Å². The molecule has 2 aromatic carbocycles. The highest BCUT2D eigenvalue weighted by molar-refractivity contribution is 6.05. The summed E-state index contributed by atoms with van der Waals surface area (Å²) in [4.78, 5) is 38.9. The Morgan fingerprint density at radius 3 is 2.69 bits per heavy atom. The number of benzene rings is 2. The number of methoxy groups -OCH3 is 1. The normalized spacial score (nSPS) is 17.8. The lowest BCUT2D eigenvalue weighted by atomic mass is 9.75. The van der Waals surface area contributed by atoms with Gasteiger partial charge in [0, 0.05) is 29.8 Å². The monoisotopic (exact) mass is 479 g/mol. The van der Waals surface area contributed by atoms with Gasteiger partial charge in [-0.3, -0.25) is 19.8 Å². The van der Waals surface area contributed by atoms with E-state index in [1.54, 1.807) is 25.1 Å². The van der Waals surface area contributed by atoms with Gasteiger partial charge in [-0.05, 0) is 43.5 Å². The summed E-state index contributed by atoms with van der Waals surface area (Å²) in [6.45, 7) is 1.73. The summed E-state index contributed by atoms with van der Waals surface area (Å²) in [5, 5.41) is 21.8. The fourth-order valence-corrected chi connectivity index (χ4v) is 4.66. The van der Waals surface area contributed by atoms with Crippen LogP contribution in [0.1, 0.15) is 37.7 Å². The number of esters is 1. The maximum atomic E-state index is 13.3. The van der Waals surface area contributed by atoms with Crippen LogP contribution in [0.15, 0.2) is 65.1 Å². The van der Waals surface area contributed by atoms with Crippen LogP contribution < -0.4 is 15.4 Å². The average Bonchev–Trinajstić information content (AvgIpc) is 2.83. The molecule has 1 aliphatic carbocycles. The highest BCUT2D eigenvalue weighted by atomic mass is 16.6. The molecule has 2 aliphatic rings. The Balaban J connectivity index is 2.00. The quantitative estimate of drug-likeness (QED) is 0.360. The van der Waals surface area contributed by atoms with E-state index in [4.69, 9.17) is 15.2 Å². The van der Waals surface area contributed by atoms with Crippen molar-refractivity contribution in [3.05, 3.63) is 80.8 Å². The first-order valence-electron chi connectivity index (χ1n) is 11.1. The van der Waals surface area contributed by atoms with Gasteiger partial charge in [0.25, 0.3) is 5.69 Å². The summed E-state index contributed by atoms with van der Waals surface area (Å²) in [6.07, 6.45) is 1.31. The zero-order valence-electron chi connectivity index (χ0n) is 19.3. The first-order valence-corrected chi connectivity index (χ1v) is 11.1. The maximum Gasteiger partial charge on any atom is 0.338 e. The van der Waals surface area contributed by atoms with E-state index in [0.29, 0.717) is 35.4 Å². The molecule has 0 radical (unpaired) electrons. The number of hydrogen-bond acceptors (Lipinski definition) is 9. The SMILES string of the molecule is CCOC(=O)C1=C(N)N(c2cccc([N+](=O)[O-])c2)C2=C(C(=O)CCC2)[C@@H]1c1ccc(OC)c(O)c1. The minimum absolute atomic E-state index is 0.0118. The molecule has 35 heavy (non-hydrogen) atoms. The number of carbonyl (C=O) groups is 2. The summed E-state index contributed by atoms with van der Waals surface area (Å²) in [6, 6.07) is 10.5. The number of phenolic OH excluding ortho intramolecular Hbond substituents is 1. The van der Waals surface area contributed by atoms with E-state index in [-0.39, 0.29) is 47.4 Å². The van der Waals surface area contributed by atoms with Gasteiger partial charge in [-0.25, -0.2) is 4.79 Å². The molecule has 0 fully saturated rings. The van der Waals surface area contributed by atoms with Crippen molar-refractivity contribution in [1.29, 1.82) is 0 Å². The predicted molar refractivity (Wildman–Crippen MR) is 127 cm³/mol. The third-order valence-corrected chi connectivity index (χ3v) is 6.12. The van der Waals surface area contributed by atoms with Crippen LogP contribution in [0.25, 0.3) is 0 Å². The van der Waals surface area contributed by atoms with Crippen LogP contribution in [-0.4, -0.2) is 35.5 Å². The number of anilines is 1. The van der Waals surface area contributed by atoms with Gasteiger partial charge in [0.05, 0.1) is 35.8 Å². The number of rotatable bonds is 6. The van der Waals surface area contributed by atoms with E-state index in [1.165, 1.54) is 36.3 Å². The van der Waals surface area contributed by atoms with Crippen LogP contribution in [0.3, 0.4) is 0 Å². The number of ketones is 1. The minimum atomic E-state index is -0.886. The first kappa shape index (κ1) is 23.8. The third-order valence-electron chi connectivity index (χ3n) is 6.12. The number of phenols is 1. The summed E-state index contributed by atoms with van der Waals surface area (Å²) >= 11 is 0. The molecule has 10 nitrogen and oxygen atoms in total. The Hall–Kier alpha value is -4.34. The third kappa shape index (κ3) is 4.18. The molecule has 3 N–H and O–H groups in total. The minimum Gasteiger partial charge on any atom is -0.504 e. The molecule has 1 heterocycles. The van der Waals surface area contributed by atoms with Crippen LogP contribution in [0.2, 0.25) is 0 Å². The molecule has 0 aromatic heterocycles. The molecule has 0 unspecified atom stereocenters. The van der Waals surface area contributed by atoms with Crippen molar-refractivity contribution < 1.29 is 29.1 Å². The molecule has 0 bridgehead atoms. The summed E-state index contributed by atoms with van der Waals surface area (Å²) < 4.78 is 10.4. The predicted octanol–water partition coefficient (Wildman–Crippen LogP) is 3.65. The lowest BCUT2D eigenvalue weighted by Crippen LogP contribution is -2.41. The van der Waals surface area contributed by atoms with Crippen molar-refractivity contribution in [2.24, 2.45) is 5.73 Å². The van der Waals surface area contributed by atoms with Crippen LogP contribution in [-0.2, 0) is 14.3 Å². The fraction of sp³-hybridized carbons (Fsp3) is 0.280. The summed E-state index contributed by atoms with van der Waals surface area (Å²) in [5.41, 5.74) is 8.20.